The Morgan fingerprint density at radius 1 is 1.13 bits per heavy atom. The Morgan fingerprint density at radius 3 is 2.87 bits per heavy atom. The number of hydrogen-bond acceptors (Lipinski definition) is 5. The van der Waals surface area contributed by atoms with E-state index in [1.165, 1.54) is 0 Å². The number of anilines is 1. The zero-order valence-corrected chi connectivity index (χ0v) is 13.0. The van der Waals surface area contributed by atoms with E-state index < -0.39 is 0 Å². The fourth-order valence-electron chi connectivity index (χ4n) is 2.42. The Bertz CT molecular complexity index is 633. The van der Waals surface area contributed by atoms with Crippen LogP contribution >= 0.6 is 0 Å². The van der Waals surface area contributed by atoms with Crippen molar-refractivity contribution in [3.8, 4) is 17.2 Å². The van der Waals surface area contributed by atoms with E-state index in [-0.39, 0.29) is 6.10 Å². The minimum atomic E-state index is 0.0414. The lowest BCUT2D eigenvalue weighted by atomic mass is 10.2. The third-order valence-electron chi connectivity index (χ3n) is 3.56. The number of nitrogens with two attached hydrogens (primary N) is 1. The van der Waals surface area contributed by atoms with E-state index >= 15 is 0 Å². The highest BCUT2D eigenvalue weighted by molar-refractivity contribution is 5.43. The zero-order valence-electron chi connectivity index (χ0n) is 13.0. The lowest BCUT2D eigenvalue weighted by Crippen LogP contribution is -2.39. The first-order valence-corrected chi connectivity index (χ1v) is 7.89. The van der Waals surface area contributed by atoms with Gasteiger partial charge < -0.3 is 25.3 Å². The summed E-state index contributed by atoms with van der Waals surface area (Å²) in [5.74, 6) is 2.44. The summed E-state index contributed by atoms with van der Waals surface area (Å²) < 4.78 is 17.2. The second-order valence-electron chi connectivity index (χ2n) is 5.48. The largest absolute Gasteiger partial charge is 0.493 e. The van der Waals surface area contributed by atoms with E-state index in [4.69, 9.17) is 19.9 Å². The normalized spacial score (nSPS) is 16.1. The van der Waals surface area contributed by atoms with Gasteiger partial charge in [0.1, 0.15) is 18.5 Å². The SMILES string of the molecule is Nc1cccc(OCCCNCC2COc3ccccc3O2)c1. The summed E-state index contributed by atoms with van der Waals surface area (Å²) in [6.45, 7) is 2.85. The second kappa shape index (κ2) is 7.74. The van der Waals surface area contributed by atoms with Crippen molar-refractivity contribution in [1.82, 2.24) is 5.32 Å². The van der Waals surface area contributed by atoms with Gasteiger partial charge in [-0.25, -0.2) is 0 Å². The van der Waals surface area contributed by atoms with Crippen LogP contribution in [0.5, 0.6) is 17.2 Å². The van der Waals surface area contributed by atoms with E-state index in [0.717, 1.165) is 42.4 Å². The molecule has 3 rings (SSSR count). The fraction of sp³-hybridized carbons (Fsp3) is 0.333. The summed E-state index contributed by atoms with van der Waals surface area (Å²) in [5.41, 5.74) is 6.43. The molecule has 0 saturated carbocycles. The van der Waals surface area contributed by atoms with Gasteiger partial charge in [-0.3, -0.25) is 0 Å². The third-order valence-corrected chi connectivity index (χ3v) is 3.56. The molecule has 23 heavy (non-hydrogen) atoms. The van der Waals surface area contributed by atoms with E-state index in [2.05, 4.69) is 5.32 Å². The molecule has 5 nitrogen and oxygen atoms in total. The van der Waals surface area contributed by atoms with Gasteiger partial charge >= 0.3 is 0 Å². The monoisotopic (exact) mass is 314 g/mol. The molecule has 1 heterocycles. The van der Waals surface area contributed by atoms with Crippen LogP contribution in [0.15, 0.2) is 48.5 Å². The van der Waals surface area contributed by atoms with Crippen LogP contribution in [-0.4, -0.2) is 32.4 Å². The molecule has 0 saturated heterocycles. The molecule has 0 aromatic heterocycles. The van der Waals surface area contributed by atoms with E-state index in [1.54, 1.807) is 0 Å². The van der Waals surface area contributed by atoms with Crippen LogP contribution in [0.4, 0.5) is 5.69 Å². The molecule has 1 aliphatic rings. The van der Waals surface area contributed by atoms with E-state index in [9.17, 15) is 0 Å². The molecule has 0 aliphatic carbocycles. The van der Waals surface area contributed by atoms with Gasteiger partial charge in [0.2, 0.25) is 0 Å². The maximum Gasteiger partial charge on any atom is 0.161 e. The number of hydrogen-bond donors (Lipinski definition) is 2. The highest BCUT2D eigenvalue weighted by atomic mass is 16.6. The molecular formula is C18H22N2O3. The second-order valence-corrected chi connectivity index (χ2v) is 5.48. The van der Waals surface area contributed by atoms with Gasteiger partial charge in [-0.15, -0.1) is 0 Å². The molecule has 2 aromatic rings. The standard InChI is InChI=1S/C18H22N2O3/c19-14-5-3-6-15(11-14)21-10-4-9-20-12-16-13-22-17-7-1-2-8-18(17)23-16/h1-3,5-8,11,16,20H,4,9-10,12-13,19H2. The lowest BCUT2D eigenvalue weighted by Gasteiger charge is -2.26. The van der Waals surface area contributed by atoms with Crippen molar-refractivity contribution in [2.24, 2.45) is 0 Å². The number of fused-ring (bicyclic) bond motifs is 1. The minimum Gasteiger partial charge on any atom is -0.493 e. The Kier molecular flexibility index (Phi) is 5.21. The summed E-state index contributed by atoms with van der Waals surface area (Å²) >= 11 is 0. The number of nitrogens with one attached hydrogen (secondary N) is 1. The quantitative estimate of drug-likeness (QED) is 0.607. The van der Waals surface area contributed by atoms with Crippen LogP contribution in [0.25, 0.3) is 0 Å². The molecule has 0 fully saturated rings. The van der Waals surface area contributed by atoms with Crippen molar-refractivity contribution in [3.63, 3.8) is 0 Å². The summed E-state index contributed by atoms with van der Waals surface area (Å²) in [4.78, 5) is 0. The Morgan fingerprint density at radius 2 is 2.00 bits per heavy atom. The first-order valence-electron chi connectivity index (χ1n) is 7.89. The predicted octanol–water partition coefficient (Wildman–Crippen LogP) is 2.47. The van der Waals surface area contributed by atoms with Crippen LogP contribution < -0.4 is 25.3 Å². The van der Waals surface area contributed by atoms with Gasteiger partial charge in [0.25, 0.3) is 0 Å². The zero-order chi connectivity index (χ0) is 15.9. The average Bonchev–Trinajstić information content (AvgIpc) is 2.58. The van der Waals surface area contributed by atoms with Crippen molar-refractivity contribution in [1.29, 1.82) is 0 Å². The summed E-state index contributed by atoms with van der Waals surface area (Å²) in [6, 6.07) is 15.2. The summed E-state index contributed by atoms with van der Waals surface area (Å²) in [5, 5.41) is 3.37. The van der Waals surface area contributed by atoms with Gasteiger partial charge in [-0.05, 0) is 37.2 Å². The average molecular weight is 314 g/mol. The predicted molar refractivity (Wildman–Crippen MR) is 90.2 cm³/mol. The van der Waals surface area contributed by atoms with Crippen LogP contribution in [-0.2, 0) is 0 Å². The van der Waals surface area contributed by atoms with Crippen molar-refractivity contribution >= 4 is 5.69 Å². The molecule has 2 aromatic carbocycles. The first kappa shape index (κ1) is 15.5. The molecule has 3 N–H and O–H groups in total. The molecule has 0 amide bonds. The van der Waals surface area contributed by atoms with E-state index in [1.807, 2.05) is 48.5 Å². The van der Waals surface area contributed by atoms with Crippen molar-refractivity contribution < 1.29 is 14.2 Å². The third kappa shape index (κ3) is 4.53. The maximum atomic E-state index is 5.89. The van der Waals surface area contributed by atoms with Crippen LogP contribution in [0.1, 0.15) is 6.42 Å². The maximum absolute atomic E-state index is 5.89. The smallest absolute Gasteiger partial charge is 0.161 e. The molecule has 122 valence electrons. The first-order chi connectivity index (χ1) is 11.3. The fourth-order valence-corrected chi connectivity index (χ4v) is 2.42. The molecular weight excluding hydrogens is 292 g/mol. The Balaban J connectivity index is 1.30. The Hall–Kier alpha value is -2.40. The molecule has 0 radical (unpaired) electrons. The topological polar surface area (TPSA) is 65.7 Å². The van der Waals surface area contributed by atoms with Crippen molar-refractivity contribution in [2.45, 2.75) is 12.5 Å². The molecule has 1 unspecified atom stereocenters. The highest BCUT2D eigenvalue weighted by Gasteiger charge is 2.19. The summed E-state index contributed by atoms with van der Waals surface area (Å²) in [6.07, 6.45) is 0.957. The lowest BCUT2D eigenvalue weighted by molar-refractivity contribution is 0.0902. The van der Waals surface area contributed by atoms with Gasteiger partial charge in [-0.2, -0.15) is 0 Å². The minimum absolute atomic E-state index is 0.0414. The number of benzene rings is 2. The Labute approximate surface area is 136 Å². The van der Waals surface area contributed by atoms with Gasteiger partial charge in [-0.1, -0.05) is 18.2 Å². The van der Waals surface area contributed by atoms with Gasteiger partial charge in [0, 0.05) is 18.3 Å². The molecule has 5 heteroatoms. The molecule has 0 spiro atoms. The number of para-hydroxylation sites is 2. The van der Waals surface area contributed by atoms with Crippen LogP contribution in [0.3, 0.4) is 0 Å². The highest BCUT2D eigenvalue weighted by Crippen LogP contribution is 2.30. The van der Waals surface area contributed by atoms with Gasteiger partial charge in [0.15, 0.2) is 11.5 Å². The van der Waals surface area contributed by atoms with Crippen molar-refractivity contribution in [3.05, 3.63) is 48.5 Å². The van der Waals surface area contributed by atoms with Gasteiger partial charge in [0.05, 0.1) is 6.61 Å². The van der Waals surface area contributed by atoms with Crippen molar-refractivity contribution in [2.75, 3.05) is 32.0 Å². The molecule has 1 aliphatic heterocycles. The molecule has 1 atom stereocenters. The van der Waals surface area contributed by atoms with Crippen LogP contribution in [0.2, 0.25) is 0 Å². The van der Waals surface area contributed by atoms with Crippen LogP contribution in [0, 0.1) is 0 Å². The number of rotatable bonds is 7. The summed E-state index contributed by atoms with van der Waals surface area (Å²) in [7, 11) is 0. The molecule has 0 bridgehead atoms. The number of nitrogen functional groups attached to an aromatic ring is 1. The number of ether oxygens (including phenoxy) is 3. The van der Waals surface area contributed by atoms with E-state index in [0.29, 0.717) is 13.2 Å².